The predicted octanol–water partition coefficient (Wildman–Crippen LogP) is -0.839. The number of carboxylic acids is 2. The van der Waals surface area contributed by atoms with Crippen LogP contribution in [0.5, 0.6) is 0 Å². The highest BCUT2D eigenvalue weighted by atomic mass is 16.6. The molecule has 0 aromatic carbocycles. The molecule has 0 aromatic heterocycles. The van der Waals surface area contributed by atoms with E-state index in [1.54, 1.807) is 21.1 Å². The van der Waals surface area contributed by atoms with Crippen molar-refractivity contribution in [3.05, 3.63) is 0 Å². The van der Waals surface area contributed by atoms with E-state index in [0.717, 1.165) is 0 Å². The third kappa shape index (κ3) is 7.05. The van der Waals surface area contributed by atoms with Crippen LogP contribution in [-0.4, -0.2) is 77.6 Å². The zero-order valence-electron chi connectivity index (χ0n) is 12.1. The maximum atomic E-state index is 11.6. The van der Waals surface area contributed by atoms with Gasteiger partial charge in [0.1, 0.15) is 6.54 Å². The molecule has 0 fully saturated rings. The third-order valence-corrected chi connectivity index (χ3v) is 2.54. The molecule has 0 spiro atoms. The summed E-state index contributed by atoms with van der Waals surface area (Å²) >= 11 is 0. The van der Waals surface area contributed by atoms with Crippen LogP contribution in [0.15, 0.2) is 0 Å². The van der Waals surface area contributed by atoms with Gasteiger partial charge in [-0.3, -0.25) is 9.59 Å². The molecule has 0 bridgehead atoms. The number of quaternary nitrogens is 1. The average Bonchev–Trinajstić information content (AvgIpc) is 2.23. The Morgan fingerprint density at radius 3 is 2.00 bits per heavy atom. The number of nitrogens with zero attached hydrogens (tertiary/aromatic N) is 1. The van der Waals surface area contributed by atoms with E-state index < -0.39 is 42.5 Å². The summed E-state index contributed by atoms with van der Waals surface area (Å²) in [5.41, 5.74) is 0. The van der Waals surface area contributed by atoms with E-state index in [-0.39, 0.29) is 6.54 Å². The number of carbonyl (C=O) groups is 3. The Morgan fingerprint density at radius 2 is 1.65 bits per heavy atom. The van der Waals surface area contributed by atoms with E-state index in [9.17, 15) is 19.5 Å². The largest absolute Gasteiger partial charge is 0.481 e. The van der Waals surface area contributed by atoms with Crippen molar-refractivity contribution in [2.45, 2.75) is 25.6 Å². The van der Waals surface area contributed by atoms with E-state index in [0.29, 0.717) is 4.48 Å². The van der Waals surface area contributed by atoms with Crippen molar-refractivity contribution >= 4 is 17.9 Å². The van der Waals surface area contributed by atoms with Crippen molar-refractivity contribution in [1.29, 1.82) is 0 Å². The number of hydrogen-bond donors (Lipinski definition) is 3. The van der Waals surface area contributed by atoms with Gasteiger partial charge >= 0.3 is 17.9 Å². The van der Waals surface area contributed by atoms with E-state index in [4.69, 9.17) is 14.9 Å². The quantitative estimate of drug-likeness (QED) is 0.394. The van der Waals surface area contributed by atoms with Gasteiger partial charge in [-0.1, -0.05) is 0 Å². The smallest absolute Gasteiger partial charge is 0.336 e. The van der Waals surface area contributed by atoms with Crippen LogP contribution in [0.4, 0.5) is 0 Å². The Morgan fingerprint density at radius 1 is 1.15 bits per heavy atom. The number of carbonyl (C=O) groups excluding carboxylic acids is 1. The van der Waals surface area contributed by atoms with Crippen molar-refractivity contribution < 1.29 is 38.9 Å². The Hall–Kier alpha value is -1.67. The Balaban J connectivity index is 4.76. The number of aliphatic carboxylic acids is 2. The lowest BCUT2D eigenvalue weighted by Crippen LogP contribution is -2.45. The first-order valence-corrected chi connectivity index (χ1v) is 6.07. The van der Waals surface area contributed by atoms with Crippen molar-refractivity contribution in [3.8, 4) is 0 Å². The Labute approximate surface area is 117 Å². The molecule has 3 N–H and O–H groups in total. The molecule has 8 heteroatoms. The summed E-state index contributed by atoms with van der Waals surface area (Å²) in [5, 5.41) is 27.0. The molecule has 20 heavy (non-hydrogen) atoms. The number of likely N-dealkylation sites (N-methyl/N-ethyl adjacent to an activating group) is 1. The highest BCUT2D eigenvalue weighted by Gasteiger charge is 2.33. The molecule has 0 aliphatic heterocycles. The monoisotopic (exact) mass is 292 g/mol. The molecule has 0 amide bonds. The number of esters is 1. The molecule has 0 aliphatic carbocycles. The highest BCUT2D eigenvalue weighted by Crippen LogP contribution is 2.10. The number of aliphatic hydroxyl groups excluding tert-OH is 1. The Kier molecular flexibility index (Phi) is 6.60. The fraction of sp³-hybridized carbons (Fsp3) is 0.750. The van der Waals surface area contributed by atoms with Crippen LogP contribution < -0.4 is 0 Å². The molecule has 0 aromatic rings. The van der Waals surface area contributed by atoms with E-state index in [1.165, 1.54) is 6.92 Å². The van der Waals surface area contributed by atoms with Crippen LogP contribution >= 0.6 is 0 Å². The zero-order valence-corrected chi connectivity index (χ0v) is 12.1. The van der Waals surface area contributed by atoms with Crippen LogP contribution in [0.3, 0.4) is 0 Å². The molecule has 8 nitrogen and oxygen atoms in total. The minimum Gasteiger partial charge on any atom is -0.481 e. The Bertz CT molecular complexity index is 374. The number of ether oxygens (including phenoxy) is 1. The first-order chi connectivity index (χ1) is 8.94. The first-order valence-electron chi connectivity index (χ1n) is 6.07. The second kappa shape index (κ2) is 7.20. The molecular weight excluding hydrogens is 270 g/mol. The average molecular weight is 292 g/mol. The lowest BCUT2D eigenvalue weighted by atomic mass is 10.1. The van der Waals surface area contributed by atoms with Gasteiger partial charge in [-0.2, -0.15) is 0 Å². The third-order valence-electron chi connectivity index (χ3n) is 2.54. The second-order valence-corrected chi connectivity index (χ2v) is 5.70. The summed E-state index contributed by atoms with van der Waals surface area (Å²) in [4.78, 5) is 33.0. The van der Waals surface area contributed by atoms with Crippen molar-refractivity contribution in [3.63, 3.8) is 0 Å². The molecule has 0 saturated carbocycles. The summed E-state index contributed by atoms with van der Waals surface area (Å²) in [5.74, 6) is -4.93. The van der Waals surface area contributed by atoms with Gasteiger partial charge in [-0.05, 0) is 6.92 Å². The van der Waals surface area contributed by atoms with Crippen molar-refractivity contribution in [2.75, 3.05) is 27.7 Å². The second-order valence-electron chi connectivity index (χ2n) is 5.70. The first kappa shape index (κ1) is 18.3. The molecule has 0 aliphatic rings. The molecule has 3 unspecified atom stereocenters. The lowest BCUT2D eigenvalue weighted by molar-refractivity contribution is -0.873. The number of aliphatic hydroxyl groups is 1. The van der Waals surface area contributed by atoms with Gasteiger partial charge in [0.15, 0.2) is 12.2 Å². The van der Waals surface area contributed by atoms with Crippen molar-refractivity contribution in [1.82, 2.24) is 0 Å². The fourth-order valence-electron chi connectivity index (χ4n) is 1.52. The van der Waals surface area contributed by atoms with Crippen LogP contribution in [0.25, 0.3) is 0 Å². The predicted molar refractivity (Wildman–Crippen MR) is 67.8 cm³/mol. The summed E-state index contributed by atoms with van der Waals surface area (Å²) in [6, 6.07) is 0. The summed E-state index contributed by atoms with van der Waals surface area (Å²) in [7, 11) is 5.37. The number of carboxylic acid groups (broad SMARTS) is 2. The summed E-state index contributed by atoms with van der Waals surface area (Å²) in [6.07, 6.45) is -3.16. The molecule has 3 atom stereocenters. The summed E-state index contributed by atoms with van der Waals surface area (Å²) < 4.78 is 5.28. The fourth-order valence-corrected chi connectivity index (χ4v) is 1.52. The van der Waals surface area contributed by atoms with Crippen LogP contribution in [0, 0.1) is 5.92 Å². The van der Waals surface area contributed by atoms with Crippen LogP contribution in [-0.2, 0) is 19.1 Å². The molecule has 116 valence electrons. The summed E-state index contributed by atoms with van der Waals surface area (Å²) in [6.45, 7) is 1.40. The van der Waals surface area contributed by atoms with Crippen molar-refractivity contribution in [2.24, 2.45) is 5.92 Å². The van der Waals surface area contributed by atoms with Gasteiger partial charge in [0.2, 0.25) is 0 Å². The molecule has 0 heterocycles. The van der Waals surface area contributed by atoms with Gasteiger partial charge in [0.05, 0.1) is 33.5 Å². The number of rotatable bonds is 8. The molecule has 0 radical (unpaired) electrons. The van der Waals surface area contributed by atoms with Crippen LogP contribution in [0.1, 0.15) is 13.3 Å². The number of hydrogen-bond acceptors (Lipinski definition) is 5. The minimum absolute atomic E-state index is 0.228. The van der Waals surface area contributed by atoms with Gasteiger partial charge < -0.3 is 24.5 Å². The molecule has 0 saturated heterocycles. The molecule has 0 rings (SSSR count). The van der Waals surface area contributed by atoms with E-state index in [2.05, 4.69) is 0 Å². The minimum atomic E-state index is -1.82. The van der Waals surface area contributed by atoms with E-state index in [1.807, 2.05) is 0 Å². The highest BCUT2D eigenvalue weighted by molar-refractivity contribution is 5.82. The topological polar surface area (TPSA) is 121 Å². The maximum Gasteiger partial charge on any atom is 0.336 e. The SMILES string of the molecule is CC(C(=O)O)C(O)C(=O)OC(CC(=O)O)C[N+](C)(C)C. The van der Waals surface area contributed by atoms with E-state index >= 15 is 0 Å². The van der Waals surface area contributed by atoms with Gasteiger partial charge in [-0.15, -0.1) is 0 Å². The zero-order chi connectivity index (χ0) is 16.1. The lowest BCUT2D eigenvalue weighted by Gasteiger charge is -2.29. The maximum absolute atomic E-state index is 11.6. The van der Waals surface area contributed by atoms with Gasteiger partial charge in [0, 0.05) is 0 Å². The standard InChI is InChI=1S/C12H21NO7/c1-7(11(17)18)10(16)12(19)20-8(5-9(14)15)6-13(2,3)4/h7-8,10,16H,5-6H2,1-4H3,(H-,14,15,17,18)/p+1. The van der Waals surface area contributed by atoms with Gasteiger partial charge in [-0.25, -0.2) is 4.79 Å². The van der Waals surface area contributed by atoms with Gasteiger partial charge in [0.25, 0.3) is 0 Å². The molecular formula is C12H22NO7+. The van der Waals surface area contributed by atoms with Crippen LogP contribution in [0.2, 0.25) is 0 Å². The normalized spacial score (nSPS) is 16.1.